The highest BCUT2D eigenvalue weighted by Crippen LogP contribution is 2.21. The maximum atomic E-state index is 11.8. The molecule has 1 amide bonds. The third-order valence-electron chi connectivity index (χ3n) is 3.22. The van der Waals surface area contributed by atoms with Crippen molar-refractivity contribution in [3.05, 3.63) is 0 Å². The van der Waals surface area contributed by atoms with Crippen molar-refractivity contribution in [2.45, 2.75) is 51.6 Å². The summed E-state index contributed by atoms with van der Waals surface area (Å²) in [4.78, 5) is 25.1. The summed E-state index contributed by atoms with van der Waals surface area (Å²) in [7, 11) is 0. The normalized spacial score (nSPS) is 23.1. The van der Waals surface area contributed by atoms with Gasteiger partial charge in [-0.2, -0.15) is 0 Å². The van der Waals surface area contributed by atoms with Crippen molar-refractivity contribution in [3.8, 4) is 0 Å². The smallest absolute Gasteiger partial charge is 0.323 e. The number of primary amides is 1. The van der Waals surface area contributed by atoms with Crippen LogP contribution in [0.3, 0.4) is 0 Å². The number of likely N-dealkylation sites (tertiary alicyclic amines) is 1. The molecule has 2 N–H and O–H groups in total. The third kappa shape index (κ3) is 3.43. The molecule has 2 unspecified atom stereocenters. The summed E-state index contributed by atoms with van der Waals surface area (Å²) in [5.74, 6) is -0.587. The summed E-state index contributed by atoms with van der Waals surface area (Å²) >= 11 is 0. The molecule has 0 spiro atoms. The summed E-state index contributed by atoms with van der Waals surface area (Å²) in [6.45, 7) is 4.82. The maximum absolute atomic E-state index is 11.8. The van der Waals surface area contributed by atoms with Gasteiger partial charge in [-0.15, -0.1) is 0 Å². The fraction of sp³-hybridized carbons (Fsp3) is 0.833. The van der Waals surface area contributed by atoms with E-state index in [1.54, 1.807) is 6.92 Å². The Labute approximate surface area is 102 Å². The van der Waals surface area contributed by atoms with Crippen LogP contribution in [0.1, 0.15) is 39.5 Å². The number of rotatable bonds is 5. The van der Waals surface area contributed by atoms with E-state index in [0.717, 1.165) is 25.8 Å². The fourth-order valence-corrected chi connectivity index (χ4v) is 2.41. The minimum absolute atomic E-state index is 0.247. The molecular weight excluding hydrogens is 220 g/mol. The van der Waals surface area contributed by atoms with Gasteiger partial charge in [0.2, 0.25) is 5.91 Å². The minimum atomic E-state index is -0.340. The standard InChI is InChI=1S/C12H22N2O3/c1-3-9(12(16)17-4-2)14-8-6-5-7-10(14)11(13)15/h9-10H,3-8H2,1-2H3,(H2,13,15). The molecule has 0 aliphatic carbocycles. The second-order valence-corrected chi connectivity index (χ2v) is 4.33. The predicted octanol–water partition coefficient (Wildman–Crippen LogP) is 0.668. The van der Waals surface area contributed by atoms with Gasteiger partial charge in [0.1, 0.15) is 6.04 Å². The largest absolute Gasteiger partial charge is 0.465 e. The van der Waals surface area contributed by atoms with Gasteiger partial charge in [0.25, 0.3) is 0 Å². The van der Waals surface area contributed by atoms with Crippen LogP contribution in [0.15, 0.2) is 0 Å². The van der Waals surface area contributed by atoms with Gasteiger partial charge in [-0.3, -0.25) is 14.5 Å². The first kappa shape index (κ1) is 14.0. The molecule has 0 aromatic carbocycles. The lowest BCUT2D eigenvalue weighted by Crippen LogP contribution is -2.54. The van der Waals surface area contributed by atoms with Gasteiger partial charge in [0.05, 0.1) is 12.6 Å². The zero-order valence-electron chi connectivity index (χ0n) is 10.6. The molecule has 0 aromatic rings. The van der Waals surface area contributed by atoms with Crippen LogP contribution in [0.4, 0.5) is 0 Å². The van der Waals surface area contributed by atoms with Gasteiger partial charge in [-0.05, 0) is 32.7 Å². The zero-order valence-corrected chi connectivity index (χ0v) is 10.6. The second kappa shape index (κ2) is 6.59. The first-order valence-corrected chi connectivity index (χ1v) is 6.33. The number of piperidine rings is 1. The summed E-state index contributed by atoms with van der Waals surface area (Å²) in [5.41, 5.74) is 5.39. The first-order chi connectivity index (χ1) is 8.11. The summed E-state index contributed by atoms with van der Waals surface area (Å²) in [6.07, 6.45) is 3.37. The van der Waals surface area contributed by atoms with E-state index in [1.165, 1.54) is 0 Å². The van der Waals surface area contributed by atoms with Crippen LogP contribution >= 0.6 is 0 Å². The van der Waals surface area contributed by atoms with Crippen LogP contribution in [0.2, 0.25) is 0 Å². The molecule has 98 valence electrons. The van der Waals surface area contributed by atoms with Crippen molar-refractivity contribution >= 4 is 11.9 Å². The average Bonchev–Trinajstić information content (AvgIpc) is 2.31. The molecule has 1 fully saturated rings. The van der Waals surface area contributed by atoms with Gasteiger partial charge < -0.3 is 10.5 Å². The molecule has 1 aliphatic heterocycles. The quantitative estimate of drug-likeness (QED) is 0.719. The highest BCUT2D eigenvalue weighted by Gasteiger charge is 2.35. The molecule has 2 atom stereocenters. The molecule has 5 nitrogen and oxygen atoms in total. The Morgan fingerprint density at radius 2 is 2.12 bits per heavy atom. The number of amides is 1. The van der Waals surface area contributed by atoms with Crippen LogP contribution in [-0.4, -0.2) is 42.0 Å². The number of carbonyl (C=O) groups is 2. The molecule has 0 radical (unpaired) electrons. The molecule has 17 heavy (non-hydrogen) atoms. The molecule has 1 heterocycles. The molecular formula is C12H22N2O3. The number of ether oxygens (including phenoxy) is 1. The Balaban J connectivity index is 2.76. The van der Waals surface area contributed by atoms with Crippen molar-refractivity contribution in [2.24, 2.45) is 5.73 Å². The van der Waals surface area contributed by atoms with Crippen LogP contribution < -0.4 is 5.73 Å². The van der Waals surface area contributed by atoms with E-state index >= 15 is 0 Å². The highest BCUT2D eigenvalue weighted by molar-refractivity contribution is 5.82. The SMILES string of the molecule is CCOC(=O)C(CC)N1CCCCC1C(N)=O. The van der Waals surface area contributed by atoms with Gasteiger partial charge >= 0.3 is 5.97 Å². The molecule has 0 bridgehead atoms. The summed E-state index contributed by atoms with van der Waals surface area (Å²) in [5, 5.41) is 0. The van der Waals surface area contributed by atoms with Crippen molar-refractivity contribution < 1.29 is 14.3 Å². The van der Waals surface area contributed by atoms with Gasteiger partial charge in [-0.1, -0.05) is 13.3 Å². The highest BCUT2D eigenvalue weighted by atomic mass is 16.5. The molecule has 1 rings (SSSR count). The lowest BCUT2D eigenvalue weighted by Gasteiger charge is -2.37. The van der Waals surface area contributed by atoms with Gasteiger partial charge in [0.15, 0.2) is 0 Å². The van der Waals surface area contributed by atoms with Crippen LogP contribution in [0, 0.1) is 0 Å². The lowest BCUT2D eigenvalue weighted by atomic mass is 9.98. The van der Waals surface area contributed by atoms with E-state index in [4.69, 9.17) is 10.5 Å². The fourth-order valence-electron chi connectivity index (χ4n) is 2.41. The van der Waals surface area contributed by atoms with E-state index in [1.807, 2.05) is 11.8 Å². The Kier molecular flexibility index (Phi) is 5.41. The Bertz CT molecular complexity index is 281. The number of carbonyl (C=O) groups excluding carboxylic acids is 2. The number of nitrogens with two attached hydrogens (primary N) is 1. The second-order valence-electron chi connectivity index (χ2n) is 4.33. The molecule has 0 aromatic heterocycles. The van der Waals surface area contributed by atoms with E-state index in [9.17, 15) is 9.59 Å². The molecule has 1 saturated heterocycles. The Morgan fingerprint density at radius 3 is 2.65 bits per heavy atom. The van der Waals surface area contributed by atoms with E-state index in [0.29, 0.717) is 13.0 Å². The lowest BCUT2D eigenvalue weighted by molar-refractivity contribution is -0.152. The molecule has 0 saturated carbocycles. The number of nitrogens with zero attached hydrogens (tertiary/aromatic N) is 1. The zero-order chi connectivity index (χ0) is 12.8. The number of esters is 1. The van der Waals surface area contributed by atoms with Crippen molar-refractivity contribution in [2.75, 3.05) is 13.2 Å². The van der Waals surface area contributed by atoms with Gasteiger partial charge in [-0.25, -0.2) is 0 Å². The van der Waals surface area contributed by atoms with Crippen LogP contribution in [0.5, 0.6) is 0 Å². The predicted molar refractivity (Wildman–Crippen MR) is 64.3 cm³/mol. The van der Waals surface area contributed by atoms with Gasteiger partial charge in [0, 0.05) is 0 Å². The topological polar surface area (TPSA) is 72.6 Å². The molecule has 5 heteroatoms. The number of hydrogen-bond acceptors (Lipinski definition) is 4. The van der Waals surface area contributed by atoms with Crippen molar-refractivity contribution in [1.29, 1.82) is 0 Å². The Morgan fingerprint density at radius 1 is 1.41 bits per heavy atom. The maximum Gasteiger partial charge on any atom is 0.323 e. The molecule has 1 aliphatic rings. The summed E-state index contributed by atoms with van der Waals surface area (Å²) in [6, 6.07) is -0.661. The number of hydrogen-bond donors (Lipinski definition) is 1. The Hall–Kier alpha value is -1.10. The first-order valence-electron chi connectivity index (χ1n) is 6.33. The minimum Gasteiger partial charge on any atom is -0.465 e. The summed E-state index contributed by atoms with van der Waals surface area (Å²) < 4.78 is 5.04. The third-order valence-corrected chi connectivity index (χ3v) is 3.22. The van der Waals surface area contributed by atoms with E-state index < -0.39 is 0 Å². The van der Waals surface area contributed by atoms with E-state index in [2.05, 4.69) is 0 Å². The average molecular weight is 242 g/mol. The monoisotopic (exact) mass is 242 g/mol. The van der Waals surface area contributed by atoms with Crippen LogP contribution in [0.25, 0.3) is 0 Å². The van der Waals surface area contributed by atoms with Crippen molar-refractivity contribution in [3.63, 3.8) is 0 Å². The van der Waals surface area contributed by atoms with Crippen molar-refractivity contribution in [1.82, 2.24) is 4.90 Å². The van der Waals surface area contributed by atoms with Crippen LogP contribution in [-0.2, 0) is 14.3 Å². The van der Waals surface area contributed by atoms with E-state index in [-0.39, 0.29) is 24.0 Å².